The van der Waals surface area contributed by atoms with Crippen LogP contribution >= 0.6 is 15.9 Å². The third-order valence-corrected chi connectivity index (χ3v) is 2.72. The van der Waals surface area contributed by atoms with Crippen molar-refractivity contribution < 1.29 is 19.0 Å². The molecule has 6 heteroatoms. The first-order valence-corrected chi connectivity index (χ1v) is 6.33. The minimum atomic E-state index is -1.09. The number of hydrogen-bond acceptors (Lipinski definition) is 3. The molecular formula is C14H9BrFNO3. The molecule has 2 rings (SSSR count). The molecule has 0 radical (unpaired) electrons. The van der Waals surface area contributed by atoms with E-state index >= 15 is 0 Å². The van der Waals surface area contributed by atoms with Crippen molar-refractivity contribution >= 4 is 28.0 Å². The number of nitrogens with zero attached hydrogens (tertiary/aromatic N) is 1. The molecule has 0 amide bonds. The molecule has 0 aliphatic rings. The van der Waals surface area contributed by atoms with Gasteiger partial charge >= 0.3 is 5.97 Å². The molecule has 0 atom stereocenters. The minimum absolute atomic E-state index is 0.0392. The third-order valence-electron chi connectivity index (χ3n) is 2.28. The quantitative estimate of drug-likeness (QED) is 0.860. The number of carboxylic acid groups (broad SMARTS) is 1. The highest BCUT2D eigenvalue weighted by molar-refractivity contribution is 9.10. The number of rotatable bonds is 4. The number of halogens is 2. The number of benzene rings is 1. The highest BCUT2D eigenvalue weighted by atomic mass is 79.9. The van der Waals surface area contributed by atoms with Crippen LogP contribution in [-0.4, -0.2) is 16.1 Å². The van der Waals surface area contributed by atoms with Crippen molar-refractivity contribution in [2.45, 2.75) is 0 Å². The van der Waals surface area contributed by atoms with E-state index in [-0.39, 0.29) is 5.75 Å². The molecule has 0 saturated carbocycles. The molecule has 1 aromatic heterocycles. The van der Waals surface area contributed by atoms with E-state index in [0.717, 1.165) is 10.5 Å². The van der Waals surface area contributed by atoms with Crippen molar-refractivity contribution in [3.8, 4) is 11.5 Å². The van der Waals surface area contributed by atoms with Crippen molar-refractivity contribution in [1.82, 2.24) is 4.98 Å². The van der Waals surface area contributed by atoms with Crippen LogP contribution in [-0.2, 0) is 4.79 Å². The lowest BCUT2D eigenvalue weighted by atomic mass is 10.2. The van der Waals surface area contributed by atoms with Gasteiger partial charge in [-0.05, 0) is 45.8 Å². The van der Waals surface area contributed by atoms with E-state index in [9.17, 15) is 9.18 Å². The summed E-state index contributed by atoms with van der Waals surface area (Å²) in [6.45, 7) is 0. The van der Waals surface area contributed by atoms with Crippen LogP contribution in [0.3, 0.4) is 0 Å². The summed E-state index contributed by atoms with van der Waals surface area (Å²) in [5.41, 5.74) is 0.435. The second-order valence-corrected chi connectivity index (χ2v) is 4.72. The fourth-order valence-corrected chi connectivity index (χ4v) is 1.79. The van der Waals surface area contributed by atoms with Crippen molar-refractivity contribution in [1.29, 1.82) is 0 Å². The fraction of sp³-hybridized carbons (Fsp3) is 0. The SMILES string of the molecule is O=C(O)C=Cc1ccc(Oc2cncc(Br)c2)c(F)c1. The first-order chi connectivity index (χ1) is 9.54. The summed E-state index contributed by atoms with van der Waals surface area (Å²) < 4.78 is 19.9. The Balaban J connectivity index is 2.20. The van der Waals surface area contributed by atoms with Crippen molar-refractivity contribution in [3.05, 3.63) is 58.6 Å². The van der Waals surface area contributed by atoms with Crippen LogP contribution in [0, 0.1) is 5.82 Å². The normalized spacial score (nSPS) is 10.7. The molecule has 0 saturated heterocycles. The second kappa shape index (κ2) is 6.29. The second-order valence-electron chi connectivity index (χ2n) is 3.80. The Morgan fingerprint density at radius 2 is 2.15 bits per heavy atom. The van der Waals surface area contributed by atoms with E-state index < -0.39 is 11.8 Å². The van der Waals surface area contributed by atoms with Gasteiger partial charge in [0.1, 0.15) is 5.75 Å². The van der Waals surface area contributed by atoms with Gasteiger partial charge in [-0.2, -0.15) is 0 Å². The van der Waals surface area contributed by atoms with Gasteiger partial charge in [-0.3, -0.25) is 4.98 Å². The summed E-state index contributed by atoms with van der Waals surface area (Å²) in [4.78, 5) is 14.3. The molecule has 0 aliphatic heterocycles. The standard InChI is InChI=1S/C14H9BrFNO3/c15-10-6-11(8-17-7-10)20-13-3-1-9(5-12(13)16)2-4-14(18)19/h1-8H,(H,18,19). The van der Waals surface area contributed by atoms with E-state index in [1.165, 1.54) is 24.4 Å². The molecule has 1 N–H and O–H groups in total. The highest BCUT2D eigenvalue weighted by Crippen LogP contribution is 2.26. The Labute approximate surface area is 122 Å². The minimum Gasteiger partial charge on any atom is -0.478 e. The predicted molar refractivity (Wildman–Crippen MR) is 75.1 cm³/mol. The van der Waals surface area contributed by atoms with Gasteiger partial charge in [0.15, 0.2) is 11.6 Å². The number of pyridine rings is 1. The molecule has 1 heterocycles. The Kier molecular flexibility index (Phi) is 4.47. The molecule has 0 unspecified atom stereocenters. The molecular weight excluding hydrogens is 329 g/mol. The van der Waals surface area contributed by atoms with Crippen LogP contribution in [0.5, 0.6) is 11.5 Å². The number of carbonyl (C=O) groups is 1. The van der Waals surface area contributed by atoms with E-state index in [0.29, 0.717) is 11.3 Å². The maximum absolute atomic E-state index is 13.8. The summed E-state index contributed by atoms with van der Waals surface area (Å²) in [5, 5.41) is 8.50. The summed E-state index contributed by atoms with van der Waals surface area (Å²) in [7, 11) is 0. The van der Waals surface area contributed by atoms with Crippen LogP contribution in [0.4, 0.5) is 4.39 Å². The van der Waals surface area contributed by atoms with Crippen LogP contribution < -0.4 is 4.74 Å². The number of hydrogen-bond donors (Lipinski definition) is 1. The summed E-state index contributed by atoms with van der Waals surface area (Å²) in [6, 6.07) is 5.84. The molecule has 0 fully saturated rings. The van der Waals surface area contributed by atoms with Crippen LogP contribution in [0.25, 0.3) is 6.08 Å². The van der Waals surface area contributed by atoms with Gasteiger partial charge in [0.2, 0.25) is 0 Å². The smallest absolute Gasteiger partial charge is 0.328 e. The van der Waals surface area contributed by atoms with Gasteiger partial charge in [0.25, 0.3) is 0 Å². The van der Waals surface area contributed by atoms with Crippen LogP contribution in [0.1, 0.15) is 5.56 Å². The summed E-state index contributed by atoms with van der Waals surface area (Å²) in [5.74, 6) is -1.24. The molecule has 0 aliphatic carbocycles. The number of ether oxygens (including phenoxy) is 1. The summed E-state index contributed by atoms with van der Waals surface area (Å²) >= 11 is 3.24. The largest absolute Gasteiger partial charge is 0.478 e. The van der Waals surface area contributed by atoms with Gasteiger partial charge < -0.3 is 9.84 Å². The number of carboxylic acids is 1. The molecule has 20 heavy (non-hydrogen) atoms. The molecule has 1 aromatic carbocycles. The first-order valence-electron chi connectivity index (χ1n) is 5.53. The maximum Gasteiger partial charge on any atom is 0.328 e. The number of aliphatic carboxylic acids is 1. The Bertz CT molecular complexity index is 673. The average Bonchev–Trinajstić information content (AvgIpc) is 2.39. The highest BCUT2D eigenvalue weighted by Gasteiger charge is 2.06. The Morgan fingerprint density at radius 3 is 2.80 bits per heavy atom. The predicted octanol–water partition coefficient (Wildman–Crippen LogP) is 3.87. The number of aromatic nitrogens is 1. The summed E-state index contributed by atoms with van der Waals surface area (Å²) in [6.07, 6.45) is 5.29. The van der Waals surface area contributed by atoms with Crippen molar-refractivity contribution in [2.75, 3.05) is 0 Å². The fourth-order valence-electron chi connectivity index (χ4n) is 1.45. The van der Waals surface area contributed by atoms with Gasteiger partial charge in [-0.25, -0.2) is 9.18 Å². The Hall–Kier alpha value is -2.21. The lowest BCUT2D eigenvalue weighted by Crippen LogP contribution is -1.90. The lowest BCUT2D eigenvalue weighted by Gasteiger charge is -2.07. The Morgan fingerprint density at radius 1 is 1.35 bits per heavy atom. The van der Waals surface area contributed by atoms with Crippen molar-refractivity contribution in [2.24, 2.45) is 0 Å². The molecule has 0 bridgehead atoms. The van der Waals surface area contributed by atoms with Crippen molar-refractivity contribution in [3.63, 3.8) is 0 Å². The zero-order chi connectivity index (χ0) is 14.5. The monoisotopic (exact) mass is 337 g/mol. The zero-order valence-corrected chi connectivity index (χ0v) is 11.7. The van der Waals surface area contributed by atoms with Crippen LogP contribution in [0.2, 0.25) is 0 Å². The molecule has 102 valence electrons. The van der Waals surface area contributed by atoms with E-state index in [1.54, 1.807) is 18.3 Å². The molecule has 4 nitrogen and oxygen atoms in total. The van der Waals surface area contributed by atoms with E-state index in [1.807, 2.05) is 0 Å². The topological polar surface area (TPSA) is 59.4 Å². The maximum atomic E-state index is 13.8. The first kappa shape index (κ1) is 14.2. The van der Waals surface area contributed by atoms with Crippen LogP contribution in [0.15, 0.2) is 47.2 Å². The third kappa shape index (κ3) is 3.89. The molecule has 0 spiro atoms. The average molecular weight is 338 g/mol. The molecule has 2 aromatic rings. The van der Waals surface area contributed by atoms with Gasteiger partial charge in [-0.1, -0.05) is 6.07 Å². The zero-order valence-electron chi connectivity index (χ0n) is 10.1. The van der Waals surface area contributed by atoms with E-state index in [4.69, 9.17) is 9.84 Å². The van der Waals surface area contributed by atoms with Gasteiger partial charge in [-0.15, -0.1) is 0 Å². The lowest BCUT2D eigenvalue weighted by molar-refractivity contribution is -0.131. The van der Waals surface area contributed by atoms with E-state index in [2.05, 4.69) is 20.9 Å². The van der Waals surface area contributed by atoms with Gasteiger partial charge in [0.05, 0.1) is 6.20 Å². The van der Waals surface area contributed by atoms with Gasteiger partial charge in [0, 0.05) is 16.7 Å².